The molecular weight excluding hydrogens is 345 g/mol. The number of hydrogen-bond acceptors (Lipinski definition) is 4. The smallest absolute Gasteiger partial charge is 0.139 e. The monoisotopic (exact) mass is 373 g/mol. The average molecular weight is 374 g/mol. The zero-order valence-corrected chi connectivity index (χ0v) is 16.8. The Bertz CT molecular complexity index is 472. The first-order chi connectivity index (χ1) is 11.3. The van der Waals surface area contributed by atoms with E-state index in [-0.39, 0.29) is 8.96 Å². The first-order valence-electron chi connectivity index (χ1n) is 7.43. The molecule has 136 valence electrons. The molecule has 1 rings (SSSR count). The number of benzene rings is 1. The molecule has 0 fully saturated rings. The van der Waals surface area contributed by atoms with Crippen LogP contribution in [0.15, 0.2) is 53.6 Å². The highest BCUT2D eigenvalue weighted by molar-refractivity contribution is 7.28. The van der Waals surface area contributed by atoms with E-state index in [1.807, 2.05) is 62.4 Å². The molecule has 0 radical (unpaired) electrons. The van der Waals surface area contributed by atoms with Gasteiger partial charge in [0.1, 0.15) is 6.29 Å². The zero-order valence-electron chi connectivity index (χ0n) is 15.0. The van der Waals surface area contributed by atoms with E-state index in [0.717, 1.165) is 11.3 Å². The van der Waals surface area contributed by atoms with E-state index in [4.69, 9.17) is 21.2 Å². The fraction of sp³-hybridized carbons (Fsp3) is 0.389. The Morgan fingerprint density at radius 2 is 1.96 bits per heavy atom. The largest absolute Gasteiger partial charge is 0.380 e. The van der Waals surface area contributed by atoms with Crippen LogP contribution in [0.2, 0.25) is 0 Å². The van der Waals surface area contributed by atoms with Crippen LogP contribution in [0.4, 0.5) is 0 Å². The summed E-state index contributed by atoms with van der Waals surface area (Å²) in [6.07, 6.45) is 6.45. The Labute approximate surface area is 152 Å². The quantitative estimate of drug-likeness (QED) is 0.435. The molecule has 1 atom stereocenters. The molecule has 0 saturated heterocycles. The molecule has 1 aromatic carbocycles. The number of nitrogens with one attached hydrogen (secondary N) is 1. The van der Waals surface area contributed by atoms with Crippen molar-refractivity contribution in [1.82, 2.24) is 5.09 Å². The third kappa shape index (κ3) is 19.0. The Balaban J connectivity index is 0. The maximum Gasteiger partial charge on any atom is 0.139 e. The van der Waals surface area contributed by atoms with E-state index in [1.54, 1.807) is 21.0 Å². The van der Waals surface area contributed by atoms with Crippen molar-refractivity contribution in [1.29, 1.82) is 0 Å². The summed E-state index contributed by atoms with van der Waals surface area (Å²) in [5.74, 6) is 0. The van der Waals surface area contributed by atoms with Crippen molar-refractivity contribution >= 4 is 26.8 Å². The number of aldehydes is 1. The molecule has 24 heavy (non-hydrogen) atoms. The second kappa shape index (κ2) is 16.8. The number of ether oxygens (including phenoxy) is 1. The van der Waals surface area contributed by atoms with E-state index >= 15 is 0 Å². The highest BCUT2D eigenvalue weighted by Crippen LogP contribution is 2.04. The predicted molar refractivity (Wildman–Crippen MR) is 105 cm³/mol. The molecule has 0 aromatic heterocycles. The summed E-state index contributed by atoms with van der Waals surface area (Å²) in [7, 11) is 1.34. The van der Waals surface area contributed by atoms with Crippen LogP contribution in [0.5, 0.6) is 0 Å². The lowest BCUT2D eigenvalue weighted by Gasteiger charge is -2.15. The summed E-state index contributed by atoms with van der Waals surface area (Å²) in [5, 5.41) is 3.40. The molecule has 0 aliphatic rings. The number of halogens is 1. The van der Waals surface area contributed by atoms with Crippen molar-refractivity contribution in [3.8, 4) is 0 Å². The van der Waals surface area contributed by atoms with Crippen LogP contribution >= 0.6 is 20.6 Å². The van der Waals surface area contributed by atoms with Gasteiger partial charge in [0.25, 0.3) is 0 Å². The lowest BCUT2D eigenvalue weighted by molar-refractivity contribution is -0.111. The van der Waals surface area contributed by atoms with Crippen molar-refractivity contribution in [2.24, 2.45) is 0 Å². The third-order valence-corrected chi connectivity index (χ3v) is 3.23. The van der Waals surface area contributed by atoms with Crippen LogP contribution < -0.4 is 5.09 Å². The summed E-state index contributed by atoms with van der Waals surface area (Å²) < 4.78 is 4.93. The van der Waals surface area contributed by atoms with Gasteiger partial charge in [-0.15, -0.1) is 0 Å². The van der Waals surface area contributed by atoms with Gasteiger partial charge in [-0.3, -0.25) is 5.09 Å². The van der Waals surface area contributed by atoms with E-state index in [0.29, 0.717) is 6.61 Å². The Kier molecular flexibility index (Phi) is 17.7. The van der Waals surface area contributed by atoms with Crippen molar-refractivity contribution in [3.63, 3.8) is 0 Å². The number of methoxy groups -OCH3 is 1. The molecule has 0 bridgehead atoms. The number of carbonyl (C=O) groups is 1. The summed E-state index contributed by atoms with van der Waals surface area (Å²) in [4.78, 5) is 18.3. The molecule has 0 saturated carbocycles. The van der Waals surface area contributed by atoms with Gasteiger partial charge in [0, 0.05) is 12.1 Å². The van der Waals surface area contributed by atoms with Crippen molar-refractivity contribution in [3.05, 3.63) is 59.2 Å². The minimum atomic E-state index is -0.576. The summed E-state index contributed by atoms with van der Waals surface area (Å²) in [6.45, 7) is 7.91. The molecule has 0 amide bonds. The number of allylic oxidation sites excluding steroid dienone is 4. The number of rotatable bonds is 6. The Hall–Kier alpha value is -1.03. The van der Waals surface area contributed by atoms with Crippen LogP contribution in [0.25, 0.3) is 0 Å². The standard InChI is InChI=1S/C8H10O.C6H9Cl.C4H10NO2P/c1-9-7-8-5-3-2-4-6-8;1-3-4-5-6(2)7;1-4(2,3-6)5-8-7/h2-6H,7H2,1H3;3-5H,1-2H3;3,5,7-8H,1-2H3/b;4-3+,6-5+;. The molecule has 2 N–H and O–H groups in total. The average Bonchev–Trinajstić information content (AvgIpc) is 2.55. The van der Waals surface area contributed by atoms with Crippen LogP contribution in [0, 0.1) is 0 Å². The fourth-order valence-electron chi connectivity index (χ4n) is 1.14. The second-order valence-corrected chi connectivity index (χ2v) is 6.34. The summed E-state index contributed by atoms with van der Waals surface area (Å²) in [5.41, 5.74) is 0.646. The Morgan fingerprint density at radius 3 is 2.25 bits per heavy atom. The van der Waals surface area contributed by atoms with Crippen LogP contribution in [0.1, 0.15) is 33.3 Å². The topological polar surface area (TPSA) is 58.6 Å². The maximum atomic E-state index is 10.0. The van der Waals surface area contributed by atoms with Gasteiger partial charge in [-0.2, -0.15) is 0 Å². The molecule has 0 aliphatic carbocycles. The Morgan fingerprint density at radius 1 is 1.38 bits per heavy atom. The molecule has 4 nitrogen and oxygen atoms in total. The van der Waals surface area contributed by atoms with Gasteiger partial charge in [-0.1, -0.05) is 54.1 Å². The van der Waals surface area contributed by atoms with Gasteiger partial charge in [0.05, 0.1) is 21.1 Å². The van der Waals surface area contributed by atoms with Gasteiger partial charge >= 0.3 is 0 Å². The lowest BCUT2D eigenvalue weighted by atomic mass is 10.1. The van der Waals surface area contributed by atoms with E-state index in [9.17, 15) is 4.79 Å². The zero-order chi connectivity index (χ0) is 18.8. The molecule has 6 heteroatoms. The lowest BCUT2D eigenvalue weighted by Crippen LogP contribution is -2.34. The van der Waals surface area contributed by atoms with Gasteiger partial charge in [-0.25, -0.2) is 0 Å². The highest BCUT2D eigenvalue weighted by atomic mass is 35.5. The highest BCUT2D eigenvalue weighted by Gasteiger charge is 2.13. The van der Waals surface area contributed by atoms with Gasteiger partial charge in [0.15, 0.2) is 0 Å². The number of hydrogen-bond donors (Lipinski definition) is 2. The van der Waals surface area contributed by atoms with Crippen molar-refractivity contribution in [2.45, 2.75) is 39.8 Å². The molecule has 0 spiro atoms. The van der Waals surface area contributed by atoms with Gasteiger partial charge < -0.3 is 14.4 Å². The maximum absolute atomic E-state index is 10.0. The minimum Gasteiger partial charge on any atom is -0.380 e. The molecule has 0 heterocycles. The SMILES string of the molecule is C/C=C/C=C(\C)Cl.CC(C)(C=O)NPO.COCc1ccccc1. The summed E-state index contributed by atoms with van der Waals surface area (Å²) in [6, 6.07) is 10.1. The van der Waals surface area contributed by atoms with Crippen molar-refractivity contribution < 1.29 is 14.4 Å². The molecule has 0 aliphatic heterocycles. The van der Waals surface area contributed by atoms with Gasteiger partial charge in [-0.05, 0) is 39.3 Å². The van der Waals surface area contributed by atoms with Crippen LogP contribution in [0.3, 0.4) is 0 Å². The predicted octanol–water partition coefficient (Wildman–Crippen LogP) is 4.59. The van der Waals surface area contributed by atoms with Crippen molar-refractivity contribution in [2.75, 3.05) is 7.11 Å². The first kappa shape index (κ1) is 25.2. The molecule has 1 aromatic rings. The summed E-state index contributed by atoms with van der Waals surface area (Å²) >= 11 is 5.47. The fourth-order valence-corrected chi connectivity index (χ4v) is 1.56. The number of carbonyl (C=O) groups excluding carboxylic acids is 1. The van der Waals surface area contributed by atoms with Gasteiger partial charge in [0.2, 0.25) is 0 Å². The van der Waals surface area contributed by atoms with Crippen LogP contribution in [-0.4, -0.2) is 23.8 Å². The molecule has 1 unspecified atom stereocenters. The first-order valence-corrected chi connectivity index (χ1v) is 8.76. The second-order valence-electron chi connectivity index (χ2n) is 5.27. The normalized spacial score (nSPS) is 11.7. The minimum absolute atomic E-state index is 0.365. The third-order valence-electron chi connectivity index (χ3n) is 2.34. The molecular formula is C18H29ClNO3P. The van der Waals surface area contributed by atoms with Crippen LogP contribution in [-0.2, 0) is 16.1 Å². The van der Waals surface area contributed by atoms with E-state index in [1.165, 1.54) is 5.56 Å². The van der Waals surface area contributed by atoms with E-state index < -0.39 is 5.54 Å². The van der Waals surface area contributed by atoms with E-state index in [2.05, 4.69) is 5.09 Å².